The Kier molecular flexibility index (Phi) is 6.58. The van der Waals surface area contributed by atoms with Gasteiger partial charge in [0.25, 0.3) is 0 Å². The second-order valence-electron chi connectivity index (χ2n) is 4.35. The molecule has 2 N–H and O–H groups in total. The predicted molar refractivity (Wildman–Crippen MR) is 74.8 cm³/mol. The molecule has 1 unspecified atom stereocenters. The van der Waals surface area contributed by atoms with Gasteiger partial charge < -0.3 is 5.73 Å². The quantitative estimate of drug-likeness (QED) is 0.731. The third kappa shape index (κ3) is 5.57. The highest BCUT2D eigenvalue weighted by atomic mass is 32.2. The summed E-state index contributed by atoms with van der Waals surface area (Å²) in [6.45, 7) is 4.30. The molecular formula is C14H23NS. The number of benzene rings is 1. The zero-order chi connectivity index (χ0) is 11.8. The average molecular weight is 237 g/mol. The Morgan fingerprint density at radius 2 is 2.19 bits per heavy atom. The largest absolute Gasteiger partial charge is 0.328 e. The molecule has 0 bridgehead atoms. The average Bonchev–Trinajstić information content (AvgIpc) is 2.28. The molecule has 0 saturated heterocycles. The van der Waals surface area contributed by atoms with Crippen molar-refractivity contribution in [2.75, 3.05) is 5.75 Å². The van der Waals surface area contributed by atoms with Crippen LogP contribution in [0.3, 0.4) is 0 Å². The first kappa shape index (κ1) is 13.6. The summed E-state index contributed by atoms with van der Waals surface area (Å²) in [5, 5.41) is 0. The zero-order valence-corrected chi connectivity index (χ0v) is 11.2. The first-order valence-corrected chi connectivity index (χ1v) is 7.26. The standard InChI is InChI=1S/C14H23NS/c1-3-14(15)8-5-9-16-11-13-7-4-6-12(2)10-13/h4,6-7,10,14H,3,5,8-9,11,15H2,1-2H3. The second kappa shape index (κ2) is 7.75. The molecule has 0 fully saturated rings. The van der Waals surface area contributed by atoms with E-state index in [0.29, 0.717) is 6.04 Å². The summed E-state index contributed by atoms with van der Waals surface area (Å²) in [7, 11) is 0. The molecule has 1 aromatic rings. The highest BCUT2D eigenvalue weighted by molar-refractivity contribution is 7.98. The smallest absolute Gasteiger partial charge is 0.0184 e. The Labute approximate surface area is 104 Å². The van der Waals surface area contributed by atoms with E-state index in [9.17, 15) is 0 Å². The van der Waals surface area contributed by atoms with Gasteiger partial charge in [0.05, 0.1) is 0 Å². The summed E-state index contributed by atoms with van der Waals surface area (Å²) in [6, 6.07) is 9.16. The Balaban J connectivity index is 2.12. The number of nitrogens with two attached hydrogens (primary N) is 1. The molecule has 0 heterocycles. The van der Waals surface area contributed by atoms with Crippen LogP contribution in [0, 0.1) is 6.92 Å². The molecule has 1 atom stereocenters. The van der Waals surface area contributed by atoms with Crippen molar-refractivity contribution in [3.8, 4) is 0 Å². The lowest BCUT2D eigenvalue weighted by molar-refractivity contribution is 0.589. The van der Waals surface area contributed by atoms with E-state index in [4.69, 9.17) is 5.73 Å². The van der Waals surface area contributed by atoms with Crippen LogP contribution in [-0.4, -0.2) is 11.8 Å². The van der Waals surface area contributed by atoms with E-state index < -0.39 is 0 Å². The third-order valence-electron chi connectivity index (χ3n) is 2.74. The molecule has 2 heteroatoms. The number of hydrogen-bond donors (Lipinski definition) is 1. The van der Waals surface area contributed by atoms with Crippen LogP contribution < -0.4 is 5.73 Å². The van der Waals surface area contributed by atoms with Gasteiger partial charge in [-0.05, 0) is 37.5 Å². The van der Waals surface area contributed by atoms with Crippen LogP contribution in [-0.2, 0) is 5.75 Å². The molecule has 1 nitrogen and oxygen atoms in total. The van der Waals surface area contributed by atoms with E-state index in [1.165, 1.54) is 23.3 Å². The Morgan fingerprint density at radius 3 is 2.88 bits per heavy atom. The van der Waals surface area contributed by atoms with Gasteiger partial charge in [-0.15, -0.1) is 0 Å². The first-order valence-electron chi connectivity index (χ1n) is 6.11. The molecule has 0 saturated carbocycles. The maximum Gasteiger partial charge on any atom is 0.0184 e. The van der Waals surface area contributed by atoms with Crippen LogP contribution in [0.25, 0.3) is 0 Å². The fraction of sp³-hybridized carbons (Fsp3) is 0.571. The highest BCUT2D eigenvalue weighted by Crippen LogP contribution is 2.15. The van der Waals surface area contributed by atoms with Crippen LogP contribution in [0.1, 0.15) is 37.3 Å². The number of thioether (sulfide) groups is 1. The Hall–Kier alpha value is -0.470. The third-order valence-corrected chi connectivity index (χ3v) is 3.85. The van der Waals surface area contributed by atoms with Gasteiger partial charge in [-0.2, -0.15) is 11.8 Å². The number of aryl methyl sites for hydroxylation is 1. The molecule has 1 rings (SSSR count). The van der Waals surface area contributed by atoms with Crippen molar-refractivity contribution in [2.45, 2.75) is 44.9 Å². The van der Waals surface area contributed by atoms with Gasteiger partial charge in [0.1, 0.15) is 0 Å². The van der Waals surface area contributed by atoms with Crippen LogP contribution in [0.5, 0.6) is 0 Å². The fourth-order valence-corrected chi connectivity index (χ4v) is 2.57. The van der Waals surface area contributed by atoms with Gasteiger partial charge in [0.15, 0.2) is 0 Å². The van der Waals surface area contributed by atoms with Gasteiger partial charge in [-0.1, -0.05) is 36.8 Å². The minimum absolute atomic E-state index is 0.402. The van der Waals surface area contributed by atoms with E-state index in [0.717, 1.165) is 18.6 Å². The molecule has 0 aliphatic rings. The first-order chi connectivity index (χ1) is 7.72. The van der Waals surface area contributed by atoms with Crippen molar-refractivity contribution in [3.05, 3.63) is 35.4 Å². The van der Waals surface area contributed by atoms with Gasteiger partial charge in [0, 0.05) is 11.8 Å². The number of hydrogen-bond acceptors (Lipinski definition) is 2. The van der Waals surface area contributed by atoms with Crippen molar-refractivity contribution >= 4 is 11.8 Å². The Morgan fingerprint density at radius 1 is 1.38 bits per heavy atom. The molecule has 1 aromatic carbocycles. The Bertz CT molecular complexity index is 299. The SMILES string of the molecule is CCC(N)CCCSCc1cccc(C)c1. The minimum atomic E-state index is 0.402. The molecule has 16 heavy (non-hydrogen) atoms. The lowest BCUT2D eigenvalue weighted by Gasteiger charge is -2.07. The van der Waals surface area contributed by atoms with Crippen LogP contribution in [0.2, 0.25) is 0 Å². The van der Waals surface area contributed by atoms with Crippen molar-refractivity contribution in [1.29, 1.82) is 0 Å². The van der Waals surface area contributed by atoms with E-state index >= 15 is 0 Å². The van der Waals surface area contributed by atoms with Gasteiger partial charge in [-0.3, -0.25) is 0 Å². The van der Waals surface area contributed by atoms with Gasteiger partial charge in [-0.25, -0.2) is 0 Å². The van der Waals surface area contributed by atoms with Crippen LogP contribution in [0.15, 0.2) is 24.3 Å². The summed E-state index contributed by atoms with van der Waals surface area (Å²) in [4.78, 5) is 0. The lowest BCUT2D eigenvalue weighted by Crippen LogP contribution is -2.18. The van der Waals surface area contributed by atoms with E-state index in [2.05, 4.69) is 38.1 Å². The normalized spacial score (nSPS) is 12.7. The predicted octanol–water partition coefficient (Wildman–Crippen LogP) is 3.75. The van der Waals surface area contributed by atoms with Crippen molar-refractivity contribution in [2.24, 2.45) is 5.73 Å². The lowest BCUT2D eigenvalue weighted by atomic mass is 10.1. The van der Waals surface area contributed by atoms with E-state index in [1.54, 1.807) is 0 Å². The molecular weight excluding hydrogens is 214 g/mol. The van der Waals surface area contributed by atoms with E-state index in [1.807, 2.05) is 11.8 Å². The molecule has 90 valence electrons. The molecule has 0 aliphatic carbocycles. The molecule has 0 spiro atoms. The molecule has 0 aliphatic heterocycles. The second-order valence-corrected chi connectivity index (χ2v) is 5.46. The summed E-state index contributed by atoms with van der Waals surface area (Å²) in [5.41, 5.74) is 8.66. The topological polar surface area (TPSA) is 26.0 Å². The van der Waals surface area contributed by atoms with Crippen LogP contribution >= 0.6 is 11.8 Å². The monoisotopic (exact) mass is 237 g/mol. The summed E-state index contributed by atoms with van der Waals surface area (Å²) in [6.07, 6.45) is 3.51. The highest BCUT2D eigenvalue weighted by Gasteiger charge is 1.99. The molecule has 0 radical (unpaired) electrons. The van der Waals surface area contributed by atoms with Gasteiger partial charge >= 0.3 is 0 Å². The zero-order valence-electron chi connectivity index (χ0n) is 10.4. The number of rotatable bonds is 7. The molecule has 0 aromatic heterocycles. The van der Waals surface area contributed by atoms with Crippen LogP contribution in [0.4, 0.5) is 0 Å². The van der Waals surface area contributed by atoms with E-state index in [-0.39, 0.29) is 0 Å². The minimum Gasteiger partial charge on any atom is -0.328 e. The maximum atomic E-state index is 5.88. The summed E-state index contributed by atoms with van der Waals surface area (Å²) >= 11 is 2.01. The fourth-order valence-electron chi connectivity index (χ4n) is 1.64. The van der Waals surface area contributed by atoms with Gasteiger partial charge in [0.2, 0.25) is 0 Å². The summed E-state index contributed by atoms with van der Waals surface area (Å²) in [5.74, 6) is 2.35. The maximum absolute atomic E-state index is 5.88. The van der Waals surface area contributed by atoms with Crippen molar-refractivity contribution in [1.82, 2.24) is 0 Å². The van der Waals surface area contributed by atoms with Crippen molar-refractivity contribution < 1.29 is 0 Å². The molecule has 0 amide bonds. The van der Waals surface area contributed by atoms with Crippen molar-refractivity contribution in [3.63, 3.8) is 0 Å². The summed E-state index contributed by atoms with van der Waals surface area (Å²) < 4.78 is 0.